The summed E-state index contributed by atoms with van der Waals surface area (Å²) >= 11 is 0. The molecule has 0 saturated heterocycles. The van der Waals surface area contributed by atoms with Gasteiger partial charge in [0.2, 0.25) is 10.0 Å². The van der Waals surface area contributed by atoms with Crippen LogP contribution in [0.2, 0.25) is 0 Å². The molecule has 0 radical (unpaired) electrons. The molecular weight excluding hydrogens is 278 g/mol. The first kappa shape index (κ1) is 13.3. The molecule has 1 aromatic carbocycles. The number of aromatic nitrogens is 2. The van der Waals surface area contributed by atoms with E-state index in [9.17, 15) is 13.5 Å². The first-order chi connectivity index (χ1) is 9.47. The average molecular weight is 293 g/mol. The van der Waals surface area contributed by atoms with Gasteiger partial charge in [-0.1, -0.05) is 24.3 Å². The average Bonchev–Trinajstić information content (AvgIpc) is 2.95. The fraction of sp³-hybridized carbons (Fsp3) is 0.308. The molecule has 6 nitrogen and oxygen atoms in total. The van der Waals surface area contributed by atoms with Crippen molar-refractivity contribution in [3.63, 3.8) is 0 Å². The lowest BCUT2D eigenvalue weighted by molar-refractivity contribution is 0.151. The minimum Gasteiger partial charge on any atom is -0.391 e. The fourth-order valence-corrected chi connectivity index (χ4v) is 3.72. The summed E-state index contributed by atoms with van der Waals surface area (Å²) in [5.41, 5.74) is 1.80. The molecule has 7 heteroatoms. The van der Waals surface area contributed by atoms with Crippen LogP contribution in [0.4, 0.5) is 0 Å². The number of fused-ring (bicyclic) bond motifs is 1. The van der Waals surface area contributed by atoms with Crippen molar-refractivity contribution in [2.45, 2.75) is 23.5 Å². The summed E-state index contributed by atoms with van der Waals surface area (Å²) in [6, 6.07) is 6.83. The van der Waals surface area contributed by atoms with Crippen LogP contribution in [0.3, 0.4) is 0 Å². The van der Waals surface area contributed by atoms with Crippen LogP contribution in [0.15, 0.2) is 41.6 Å². The second-order valence-electron chi connectivity index (χ2n) is 4.92. The number of aryl methyl sites for hydroxylation is 1. The fourth-order valence-electron chi connectivity index (χ4n) is 2.49. The summed E-state index contributed by atoms with van der Waals surface area (Å²) in [4.78, 5) is 0.0941. The number of nitrogens with zero attached hydrogens (tertiary/aromatic N) is 2. The largest absolute Gasteiger partial charge is 0.391 e. The van der Waals surface area contributed by atoms with Crippen LogP contribution in [0.5, 0.6) is 0 Å². The highest BCUT2D eigenvalue weighted by Crippen LogP contribution is 2.32. The molecular formula is C13H15N3O3S. The minimum absolute atomic E-state index is 0.0941. The normalized spacial score (nSPS) is 21.9. The number of hydrogen-bond acceptors (Lipinski definition) is 4. The predicted octanol–water partition coefficient (Wildman–Crippen LogP) is 0.357. The maximum absolute atomic E-state index is 12.3. The van der Waals surface area contributed by atoms with Crippen LogP contribution < -0.4 is 4.72 Å². The Morgan fingerprint density at radius 1 is 1.40 bits per heavy atom. The van der Waals surface area contributed by atoms with Gasteiger partial charge < -0.3 is 5.11 Å². The Balaban J connectivity index is 1.92. The molecule has 0 amide bonds. The maximum atomic E-state index is 12.3. The lowest BCUT2D eigenvalue weighted by atomic mass is 10.1. The lowest BCUT2D eigenvalue weighted by Gasteiger charge is -2.17. The molecule has 2 aromatic rings. The summed E-state index contributed by atoms with van der Waals surface area (Å²) in [5, 5.41) is 13.9. The van der Waals surface area contributed by atoms with E-state index >= 15 is 0 Å². The van der Waals surface area contributed by atoms with Gasteiger partial charge in [0.25, 0.3) is 0 Å². The first-order valence-electron chi connectivity index (χ1n) is 6.24. The van der Waals surface area contributed by atoms with E-state index in [1.807, 2.05) is 24.3 Å². The van der Waals surface area contributed by atoms with Crippen molar-refractivity contribution in [2.24, 2.45) is 7.05 Å². The third-order valence-corrected chi connectivity index (χ3v) is 4.87. The van der Waals surface area contributed by atoms with Crippen molar-refractivity contribution in [1.29, 1.82) is 0 Å². The van der Waals surface area contributed by atoms with E-state index in [-0.39, 0.29) is 4.90 Å². The number of nitrogens with one attached hydrogen (secondary N) is 1. The van der Waals surface area contributed by atoms with E-state index in [1.165, 1.54) is 17.1 Å². The molecule has 0 saturated carbocycles. The Morgan fingerprint density at radius 2 is 2.15 bits per heavy atom. The summed E-state index contributed by atoms with van der Waals surface area (Å²) in [7, 11) is -2.04. The number of benzene rings is 1. The lowest BCUT2D eigenvalue weighted by Crippen LogP contribution is -2.33. The van der Waals surface area contributed by atoms with Crippen LogP contribution >= 0.6 is 0 Å². The van der Waals surface area contributed by atoms with Gasteiger partial charge in [-0.05, 0) is 11.1 Å². The van der Waals surface area contributed by atoms with Gasteiger partial charge in [-0.3, -0.25) is 4.68 Å². The molecule has 0 fully saturated rings. The topological polar surface area (TPSA) is 84.2 Å². The van der Waals surface area contributed by atoms with Crippen molar-refractivity contribution in [3.8, 4) is 0 Å². The summed E-state index contributed by atoms with van der Waals surface area (Å²) < 4.78 is 28.5. The smallest absolute Gasteiger partial charge is 0.244 e. The van der Waals surface area contributed by atoms with Crippen molar-refractivity contribution < 1.29 is 13.5 Å². The standard InChI is InChI=1S/C13H15N3O3S/c1-16-8-10(7-14-16)20(18,19)15-13-11-5-3-2-4-9(11)6-12(13)17/h2-5,7-8,12-13,15,17H,6H2,1H3/t12-,13+/m1/s1. The number of sulfonamides is 1. The number of rotatable bonds is 3. The number of hydrogen-bond donors (Lipinski definition) is 2. The number of aliphatic hydroxyl groups excluding tert-OH is 1. The van der Waals surface area contributed by atoms with E-state index in [1.54, 1.807) is 7.05 Å². The van der Waals surface area contributed by atoms with Crippen LogP contribution in [-0.2, 0) is 23.5 Å². The van der Waals surface area contributed by atoms with Crippen molar-refractivity contribution in [3.05, 3.63) is 47.8 Å². The van der Waals surface area contributed by atoms with E-state index in [4.69, 9.17) is 0 Å². The molecule has 1 aliphatic rings. The summed E-state index contributed by atoms with van der Waals surface area (Å²) in [6.45, 7) is 0. The molecule has 20 heavy (non-hydrogen) atoms. The maximum Gasteiger partial charge on any atom is 0.244 e. The Bertz CT molecular complexity index is 739. The third-order valence-electron chi connectivity index (χ3n) is 3.48. The zero-order chi connectivity index (χ0) is 14.3. The number of aliphatic hydroxyl groups is 1. The van der Waals surface area contributed by atoms with Crippen LogP contribution in [0, 0.1) is 0 Å². The van der Waals surface area contributed by atoms with Gasteiger partial charge in [-0.2, -0.15) is 5.10 Å². The molecule has 1 heterocycles. The third kappa shape index (κ3) is 2.24. The molecule has 2 atom stereocenters. The van der Waals surface area contributed by atoms with Gasteiger partial charge in [0, 0.05) is 19.7 Å². The predicted molar refractivity (Wildman–Crippen MR) is 72.4 cm³/mol. The van der Waals surface area contributed by atoms with E-state index < -0.39 is 22.2 Å². The zero-order valence-corrected chi connectivity index (χ0v) is 11.7. The van der Waals surface area contributed by atoms with Gasteiger partial charge in [-0.25, -0.2) is 13.1 Å². The molecule has 2 N–H and O–H groups in total. The van der Waals surface area contributed by atoms with Crippen molar-refractivity contribution in [1.82, 2.24) is 14.5 Å². The van der Waals surface area contributed by atoms with Gasteiger partial charge in [-0.15, -0.1) is 0 Å². The molecule has 106 valence electrons. The van der Waals surface area contributed by atoms with Gasteiger partial charge >= 0.3 is 0 Å². The molecule has 1 aliphatic carbocycles. The molecule has 1 aromatic heterocycles. The SMILES string of the molecule is Cn1cc(S(=O)(=O)N[C@H]2c3ccccc3C[C@H]2O)cn1. The Labute approximate surface area is 117 Å². The van der Waals surface area contributed by atoms with Gasteiger partial charge in [0.1, 0.15) is 4.90 Å². The first-order valence-corrected chi connectivity index (χ1v) is 7.72. The molecule has 0 bridgehead atoms. The highest BCUT2D eigenvalue weighted by atomic mass is 32.2. The van der Waals surface area contributed by atoms with Crippen LogP contribution in [0.1, 0.15) is 17.2 Å². The Morgan fingerprint density at radius 3 is 2.85 bits per heavy atom. The molecule has 0 aliphatic heterocycles. The van der Waals surface area contributed by atoms with E-state index in [0.717, 1.165) is 11.1 Å². The van der Waals surface area contributed by atoms with Gasteiger partial charge in [0.15, 0.2) is 0 Å². The highest BCUT2D eigenvalue weighted by Gasteiger charge is 2.34. The van der Waals surface area contributed by atoms with Crippen LogP contribution in [-0.4, -0.2) is 29.4 Å². The highest BCUT2D eigenvalue weighted by molar-refractivity contribution is 7.89. The van der Waals surface area contributed by atoms with E-state index in [0.29, 0.717) is 6.42 Å². The minimum atomic E-state index is -3.69. The quantitative estimate of drug-likeness (QED) is 0.855. The molecule has 0 unspecified atom stereocenters. The second-order valence-corrected chi connectivity index (χ2v) is 6.63. The Kier molecular flexibility index (Phi) is 3.12. The second kappa shape index (κ2) is 4.69. The Hall–Kier alpha value is -1.70. The van der Waals surface area contributed by atoms with Gasteiger partial charge in [0.05, 0.1) is 18.3 Å². The van der Waals surface area contributed by atoms with E-state index in [2.05, 4.69) is 9.82 Å². The van der Waals surface area contributed by atoms with Crippen molar-refractivity contribution >= 4 is 10.0 Å². The zero-order valence-electron chi connectivity index (χ0n) is 10.9. The van der Waals surface area contributed by atoms with Crippen molar-refractivity contribution in [2.75, 3.05) is 0 Å². The van der Waals surface area contributed by atoms with Crippen LogP contribution in [0.25, 0.3) is 0 Å². The summed E-state index contributed by atoms with van der Waals surface area (Å²) in [5.74, 6) is 0. The molecule has 0 spiro atoms. The summed E-state index contributed by atoms with van der Waals surface area (Å²) in [6.07, 6.45) is 2.42. The molecule has 3 rings (SSSR count). The monoisotopic (exact) mass is 293 g/mol.